The van der Waals surface area contributed by atoms with Crippen molar-refractivity contribution in [2.24, 2.45) is 0 Å². The summed E-state index contributed by atoms with van der Waals surface area (Å²) in [5.74, 6) is 1.50. The van der Waals surface area contributed by atoms with Crippen molar-refractivity contribution in [2.75, 3.05) is 12.1 Å². The summed E-state index contributed by atoms with van der Waals surface area (Å²) in [7, 11) is 0. The molecule has 2 aromatic carbocycles. The van der Waals surface area contributed by atoms with Crippen molar-refractivity contribution in [3.63, 3.8) is 0 Å². The van der Waals surface area contributed by atoms with E-state index in [0.717, 1.165) is 30.0 Å². The molecule has 0 aliphatic carbocycles. The van der Waals surface area contributed by atoms with Gasteiger partial charge in [-0.3, -0.25) is 0 Å². The lowest BCUT2D eigenvalue weighted by molar-refractivity contribution is 0.174. The van der Waals surface area contributed by atoms with Gasteiger partial charge in [-0.25, -0.2) is 0 Å². The Kier molecular flexibility index (Phi) is 5.20. The van der Waals surface area contributed by atoms with Crippen molar-refractivity contribution in [3.05, 3.63) is 53.6 Å². The largest absolute Gasteiger partial charge is 0.454 e. The first-order chi connectivity index (χ1) is 11.7. The average Bonchev–Trinajstić information content (AvgIpc) is 3.03. The molecule has 126 valence electrons. The van der Waals surface area contributed by atoms with Crippen LogP contribution in [0.2, 0.25) is 0 Å². The average molecular weight is 342 g/mol. The third-order valence-corrected chi connectivity index (χ3v) is 4.22. The molecule has 24 heavy (non-hydrogen) atoms. The van der Waals surface area contributed by atoms with Gasteiger partial charge in [0.25, 0.3) is 0 Å². The number of hydrogen-bond donors (Lipinski definition) is 2. The van der Waals surface area contributed by atoms with E-state index in [0.29, 0.717) is 5.11 Å². The van der Waals surface area contributed by atoms with E-state index in [2.05, 4.69) is 48.7 Å². The van der Waals surface area contributed by atoms with Crippen molar-refractivity contribution in [2.45, 2.75) is 32.7 Å². The monoisotopic (exact) mass is 342 g/mol. The van der Waals surface area contributed by atoms with Gasteiger partial charge in [-0.2, -0.15) is 0 Å². The molecule has 0 spiro atoms. The summed E-state index contributed by atoms with van der Waals surface area (Å²) in [5, 5.41) is 7.08. The zero-order valence-electron chi connectivity index (χ0n) is 14.0. The van der Waals surface area contributed by atoms with Gasteiger partial charge < -0.3 is 20.1 Å². The van der Waals surface area contributed by atoms with Crippen LogP contribution in [-0.2, 0) is 6.42 Å². The molecular formula is C19H22N2O2S. The smallest absolute Gasteiger partial charge is 0.231 e. The molecule has 0 amide bonds. The van der Waals surface area contributed by atoms with E-state index >= 15 is 0 Å². The van der Waals surface area contributed by atoms with Crippen LogP contribution in [0.3, 0.4) is 0 Å². The fourth-order valence-corrected chi connectivity index (χ4v) is 2.98. The second-order valence-corrected chi connectivity index (χ2v) is 6.29. The highest BCUT2D eigenvalue weighted by molar-refractivity contribution is 7.80. The molecule has 1 heterocycles. The van der Waals surface area contributed by atoms with Gasteiger partial charge in [0.05, 0.1) is 6.04 Å². The van der Waals surface area contributed by atoms with Gasteiger partial charge in [-0.05, 0) is 48.8 Å². The molecule has 1 aliphatic heterocycles. The van der Waals surface area contributed by atoms with Crippen LogP contribution in [0.15, 0.2) is 42.5 Å². The minimum atomic E-state index is 0.134. The highest BCUT2D eigenvalue weighted by Crippen LogP contribution is 2.34. The standard InChI is InChI=1S/C19H22N2O2S/c1-3-4-14-5-7-15(8-6-14)13(2)20-19(24)21-16-9-10-17-18(11-16)23-12-22-17/h5-11,13H,3-4,12H2,1-2H3,(H2,20,21,24). The Bertz CT molecular complexity index is 716. The predicted octanol–water partition coefficient (Wildman–Crippen LogP) is 4.42. The molecule has 1 unspecified atom stereocenters. The van der Waals surface area contributed by atoms with E-state index in [1.807, 2.05) is 18.2 Å². The van der Waals surface area contributed by atoms with Crippen LogP contribution in [-0.4, -0.2) is 11.9 Å². The Morgan fingerprint density at radius 2 is 1.88 bits per heavy atom. The number of anilines is 1. The Hall–Kier alpha value is -2.27. The van der Waals surface area contributed by atoms with Gasteiger partial charge in [-0.15, -0.1) is 0 Å². The van der Waals surface area contributed by atoms with Crippen molar-refractivity contribution in [1.29, 1.82) is 0 Å². The lowest BCUT2D eigenvalue weighted by Crippen LogP contribution is -2.30. The van der Waals surface area contributed by atoms with Crippen LogP contribution in [0.4, 0.5) is 5.69 Å². The first-order valence-electron chi connectivity index (χ1n) is 8.21. The van der Waals surface area contributed by atoms with E-state index in [-0.39, 0.29) is 12.8 Å². The SMILES string of the molecule is CCCc1ccc(C(C)NC(=S)Nc2ccc3c(c2)OCO3)cc1. The van der Waals surface area contributed by atoms with E-state index in [1.54, 1.807) is 0 Å². The van der Waals surface area contributed by atoms with Crippen LogP contribution >= 0.6 is 12.2 Å². The van der Waals surface area contributed by atoms with E-state index in [4.69, 9.17) is 21.7 Å². The number of benzene rings is 2. The lowest BCUT2D eigenvalue weighted by Gasteiger charge is -2.18. The maximum absolute atomic E-state index is 5.41. The van der Waals surface area contributed by atoms with Gasteiger partial charge in [0.1, 0.15) is 0 Å². The molecule has 5 heteroatoms. The number of nitrogens with one attached hydrogen (secondary N) is 2. The third kappa shape index (κ3) is 3.97. The highest BCUT2D eigenvalue weighted by atomic mass is 32.1. The maximum atomic E-state index is 5.41. The zero-order valence-corrected chi connectivity index (χ0v) is 14.8. The lowest BCUT2D eigenvalue weighted by atomic mass is 10.0. The summed E-state index contributed by atoms with van der Waals surface area (Å²) in [4.78, 5) is 0. The number of fused-ring (bicyclic) bond motifs is 1. The topological polar surface area (TPSA) is 42.5 Å². The van der Waals surface area contributed by atoms with Crippen molar-refractivity contribution < 1.29 is 9.47 Å². The molecule has 0 bridgehead atoms. The Morgan fingerprint density at radius 1 is 1.12 bits per heavy atom. The molecule has 0 fully saturated rings. The molecule has 1 atom stereocenters. The van der Waals surface area contributed by atoms with Gasteiger partial charge in [-0.1, -0.05) is 37.6 Å². The molecule has 2 N–H and O–H groups in total. The van der Waals surface area contributed by atoms with Gasteiger partial charge >= 0.3 is 0 Å². The molecule has 3 rings (SSSR count). The quantitative estimate of drug-likeness (QED) is 0.788. The Labute approximate surface area is 148 Å². The Morgan fingerprint density at radius 3 is 2.62 bits per heavy atom. The number of hydrogen-bond acceptors (Lipinski definition) is 3. The predicted molar refractivity (Wildman–Crippen MR) is 101 cm³/mol. The van der Waals surface area contributed by atoms with E-state index in [9.17, 15) is 0 Å². The van der Waals surface area contributed by atoms with Crippen LogP contribution in [0.5, 0.6) is 11.5 Å². The van der Waals surface area contributed by atoms with Gasteiger partial charge in [0, 0.05) is 11.8 Å². The number of rotatable bonds is 5. The second kappa shape index (κ2) is 7.53. The minimum Gasteiger partial charge on any atom is -0.454 e. The summed E-state index contributed by atoms with van der Waals surface area (Å²) in [6.45, 7) is 4.56. The van der Waals surface area contributed by atoms with Crippen LogP contribution < -0.4 is 20.1 Å². The molecule has 0 saturated carbocycles. The first kappa shape index (κ1) is 16.6. The minimum absolute atomic E-state index is 0.134. The van der Waals surface area contributed by atoms with Crippen LogP contribution in [0.1, 0.15) is 37.4 Å². The molecule has 0 aromatic heterocycles. The third-order valence-electron chi connectivity index (χ3n) is 4.00. The van der Waals surface area contributed by atoms with Crippen LogP contribution in [0.25, 0.3) is 0 Å². The van der Waals surface area contributed by atoms with Crippen molar-refractivity contribution >= 4 is 23.0 Å². The van der Waals surface area contributed by atoms with Gasteiger partial charge in [0.2, 0.25) is 6.79 Å². The number of ether oxygens (including phenoxy) is 2. The maximum Gasteiger partial charge on any atom is 0.231 e. The van der Waals surface area contributed by atoms with Crippen LogP contribution in [0, 0.1) is 0 Å². The second-order valence-electron chi connectivity index (χ2n) is 5.88. The summed E-state index contributed by atoms with van der Waals surface area (Å²) in [6, 6.07) is 14.5. The molecule has 1 aliphatic rings. The molecule has 4 nitrogen and oxygen atoms in total. The van der Waals surface area contributed by atoms with Crippen molar-refractivity contribution in [3.8, 4) is 11.5 Å². The summed E-state index contributed by atoms with van der Waals surface area (Å²) >= 11 is 5.41. The molecule has 0 saturated heterocycles. The fraction of sp³-hybridized carbons (Fsp3) is 0.316. The number of aryl methyl sites for hydroxylation is 1. The molecule has 2 aromatic rings. The fourth-order valence-electron chi connectivity index (χ4n) is 2.68. The Balaban J connectivity index is 1.57. The molecular weight excluding hydrogens is 320 g/mol. The zero-order chi connectivity index (χ0) is 16.9. The van der Waals surface area contributed by atoms with E-state index in [1.165, 1.54) is 11.1 Å². The van der Waals surface area contributed by atoms with Crippen molar-refractivity contribution in [1.82, 2.24) is 5.32 Å². The summed E-state index contributed by atoms with van der Waals surface area (Å²) in [5.41, 5.74) is 3.46. The normalized spacial score (nSPS) is 13.4. The summed E-state index contributed by atoms with van der Waals surface area (Å²) < 4.78 is 10.7. The summed E-state index contributed by atoms with van der Waals surface area (Å²) in [6.07, 6.45) is 2.28. The molecule has 0 radical (unpaired) electrons. The highest BCUT2D eigenvalue weighted by Gasteiger charge is 2.14. The number of thiocarbonyl (C=S) groups is 1. The van der Waals surface area contributed by atoms with Gasteiger partial charge in [0.15, 0.2) is 16.6 Å². The first-order valence-corrected chi connectivity index (χ1v) is 8.62. The van der Waals surface area contributed by atoms with E-state index < -0.39 is 0 Å².